The molecular weight excluding hydrogens is 284 g/mol. The Balaban J connectivity index is 3.70. The molecule has 0 atom stereocenters. The Hall–Kier alpha value is -1.16. The quantitative estimate of drug-likeness (QED) is 0.636. The predicted octanol–water partition coefficient (Wildman–Crippen LogP) is 3.15. The van der Waals surface area contributed by atoms with Crippen LogP contribution in [0.15, 0.2) is 4.47 Å². The van der Waals surface area contributed by atoms with Crippen molar-refractivity contribution in [1.29, 1.82) is 0 Å². The van der Waals surface area contributed by atoms with E-state index in [0.29, 0.717) is 11.3 Å². The number of ketones is 2. The summed E-state index contributed by atoms with van der Waals surface area (Å²) in [6, 6.07) is 0. The molecule has 0 radical (unpaired) electrons. The predicted molar refractivity (Wildman–Crippen MR) is 69.9 cm³/mol. The molecule has 0 amide bonds. The number of hydrogen-bond donors (Lipinski definition) is 0. The highest BCUT2D eigenvalue weighted by atomic mass is 79.9. The maximum Gasteiger partial charge on any atom is 0.232 e. The van der Waals surface area contributed by atoms with E-state index in [-0.39, 0.29) is 0 Å². The number of carbonyl (C=O) groups is 2. The number of methoxy groups -OCH3 is 1. The third-order valence-electron chi connectivity index (χ3n) is 2.91. The lowest BCUT2D eigenvalue weighted by molar-refractivity contribution is -0.113. The Morgan fingerprint density at radius 1 is 1.06 bits per heavy atom. The van der Waals surface area contributed by atoms with Crippen LogP contribution in [0.3, 0.4) is 0 Å². The van der Waals surface area contributed by atoms with Gasteiger partial charge in [-0.25, -0.2) is 0 Å². The first kappa shape index (κ1) is 13.9. The molecule has 0 spiro atoms. The highest BCUT2D eigenvalue weighted by Crippen LogP contribution is 2.36. The molecule has 0 saturated heterocycles. The van der Waals surface area contributed by atoms with Crippen molar-refractivity contribution in [3.63, 3.8) is 0 Å². The topological polar surface area (TPSA) is 43.4 Å². The van der Waals surface area contributed by atoms with Gasteiger partial charge in [0.1, 0.15) is 5.75 Å². The minimum absolute atomic E-state index is 0.356. The molecule has 0 saturated carbocycles. The van der Waals surface area contributed by atoms with Crippen LogP contribution in [0, 0.1) is 20.8 Å². The van der Waals surface area contributed by atoms with E-state index in [9.17, 15) is 9.59 Å². The van der Waals surface area contributed by atoms with E-state index in [1.165, 1.54) is 14.0 Å². The Kier molecular flexibility index (Phi) is 4.09. The minimum atomic E-state index is -0.511. The van der Waals surface area contributed by atoms with Gasteiger partial charge in [-0.2, -0.15) is 0 Å². The fourth-order valence-corrected chi connectivity index (χ4v) is 2.28. The van der Waals surface area contributed by atoms with E-state index < -0.39 is 11.6 Å². The maximum atomic E-state index is 11.9. The standard InChI is InChI=1S/C13H15BrO3/c1-6-7(2)13(17-5)10(8(3)11(6)14)12(16)9(4)15/h1-5H3. The summed E-state index contributed by atoms with van der Waals surface area (Å²) >= 11 is 3.44. The van der Waals surface area contributed by atoms with Crippen molar-refractivity contribution in [1.82, 2.24) is 0 Å². The van der Waals surface area contributed by atoms with Crippen molar-refractivity contribution in [3.05, 3.63) is 26.7 Å². The SMILES string of the molecule is COc1c(C)c(C)c(Br)c(C)c1C(=O)C(C)=O. The molecule has 1 aromatic carbocycles. The first-order valence-corrected chi connectivity index (χ1v) is 6.00. The molecule has 0 fully saturated rings. The largest absolute Gasteiger partial charge is 0.496 e. The Bertz CT molecular complexity index is 504. The van der Waals surface area contributed by atoms with Gasteiger partial charge in [0.15, 0.2) is 5.78 Å². The van der Waals surface area contributed by atoms with Crippen molar-refractivity contribution in [2.75, 3.05) is 7.11 Å². The smallest absolute Gasteiger partial charge is 0.232 e. The van der Waals surface area contributed by atoms with Gasteiger partial charge in [0.2, 0.25) is 5.78 Å². The molecule has 17 heavy (non-hydrogen) atoms. The number of ether oxygens (including phenoxy) is 1. The fraction of sp³-hybridized carbons (Fsp3) is 0.385. The summed E-state index contributed by atoms with van der Waals surface area (Å²) in [5.74, 6) is -0.506. The molecule has 0 bridgehead atoms. The molecule has 0 heterocycles. The monoisotopic (exact) mass is 298 g/mol. The highest BCUT2D eigenvalue weighted by Gasteiger charge is 2.24. The third kappa shape index (κ3) is 2.27. The van der Waals surface area contributed by atoms with Crippen LogP contribution in [0.1, 0.15) is 34.0 Å². The van der Waals surface area contributed by atoms with Crippen LogP contribution >= 0.6 is 15.9 Å². The van der Waals surface area contributed by atoms with Gasteiger partial charge in [-0.15, -0.1) is 0 Å². The summed E-state index contributed by atoms with van der Waals surface area (Å²) in [4.78, 5) is 23.2. The first-order valence-electron chi connectivity index (χ1n) is 5.21. The van der Waals surface area contributed by atoms with E-state index in [0.717, 1.165) is 21.2 Å². The number of halogens is 1. The second kappa shape index (κ2) is 5.00. The van der Waals surface area contributed by atoms with Crippen LogP contribution in [0.5, 0.6) is 5.75 Å². The van der Waals surface area contributed by atoms with Crippen molar-refractivity contribution in [3.8, 4) is 5.75 Å². The van der Waals surface area contributed by atoms with Crippen LogP contribution in [-0.2, 0) is 4.79 Å². The number of benzene rings is 1. The summed E-state index contributed by atoms with van der Waals surface area (Å²) in [6.45, 7) is 6.88. The Morgan fingerprint density at radius 2 is 1.59 bits per heavy atom. The Labute approximate surface area is 109 Å². The van der Waals surface area contributed by atoms with Crippen molar-refractivity contribution < 1.29 is 14.3 Å². The zero-order valence-corrected chi connectivity index (χ0v) is 12.2. The average molecular weight is 299 g/mol. The Morgan fingerprint density at radius 3 is 2.00 bits per heavy atom. The van der Waals surface area contributed by atoms with Crippen LogP contribution in [0.4, 0.5) is 0 Å². The maximum absolute atomic E-state index is 11.9. The van der Waals surface area contributed by atoms with Gasteiger partial charge in [0, 0.05) is 11.4 Å². The van der Waals surface area contributed by atoms with Crippen LogP contribution in [-0.4, -0.2) is 18.7 Å². The molecule has 92 valence electrons. The van der Waals surface area contributed by atoms with Gasteiger partial charge >= 0.3 is 0 Å². The molecular formula is C13H15BrO3. The molecule has 3 nitrogen and oxygen atoms in total. The molecule has 0 N–H and O–H groups in total. The molecule has 0 aromatic heterocycles. The van der Waals surface area contributed by atoms with Crippen LogP contribution in [0.2, 0.25) is 0 Å². The number of hydrogen-bond acceptors (Lipinski definition) is 3. The van der Waals surface area contributed by atoms with Crippen molar-refractivity contribution in [2.24, 2.45) is 0 Å². The van der Waals surface area contributed by atoms with Crippen LogP contribution in [0.25, 0.3) is 0 Å². The van der Waals surface area contributed by atoms with E-state index in [4.69, 9.17) is 4.74 Å². The minimum Gasteiger partial charge on any atom is -0.496 e. The highest BCUT2D eigenvalue weighted by molar-refractivity contribution is 9.10. The number of rotatable bonds is 3. The van der Waals surface area contributed by atoms with E-state index >= 15 is 0 Å². The van der Waals surface area contributed by atoms with Gasteiger partial charge < -0.3 is 4.74 Å². The molecule has 0 aliphatic rings. The zero-order valence-electron chi connectivity index (χ0n) is 10.6. The van der Waals surface area contributed by atoms with Gasteiger partial charge in [0.25, 0.3) is 0 Å². The molecule has 0 aliphatic carbocycles. The molecule has 1 rings (SSSR count). The van der Waals surface area contributed by atoms with Gasteiger partial charge in [-0.1, -0.05) is 15.9 Å². The lowest BCUT2D eigenvalue weighted by Crippen LogP contribution is -2.15. The number of Topliss-reactive ketones (excluding diaryl/α,β-unsaturated/α-hetero) is 2. The second-order valence-corrected chi connectivity index (χ2v) is 4.78. The van der Waals surface area contributed by atoms with Crippen LogP contribution < -0.4 is 4.74 Å². The fourth-order valence-electron chi connectivity index (χ4n) is 1.79. The zero-order chi connectivity index (χ0) is 13.3. The molecule has 4 heteroatoms. The molecule has 1 aromatic rings. The molecule has 0 unspecified atom stereocenters. The van der Waals surface area contributed by atoms with Crippen molar-refractivity contribution in [2.45, 2.75) is 27.7 Å². The normalized spacial score (nSPS) is 10.2. The third-order valence-corrected chi connectivity index (χ3v) is 4.10. The van der Waals surface area contributed by atoms with Gasteiger partial charge in [-0.3, -0.25) is 9.59 Å². The summed E-state index contributed by atoms with van der Waals surface area (Å²) < 4.78 is 6.12. The molecule has 0 aliphatic heterocycles. The van der Waals surface area contributed by atoms with E-state index in [2.05, 4.69) is 15.9 Å². The first-order chi connectivity index (χ1) is 7.82. The lowest BCUT2D eigenvalue weighted by atomic mass is 9.95. The van der Waals surface area contributed by atoms with Gasteiger partial charge in [-0.05, 0) is 37.5 Å². The van der Waals surface area contributed by atoms with E-state index in [1.807, 2.05) is 13.8 Å². The summed E-state index contributed by atoms with van der Waals surface area (Å²) in [5.41, 5.74) is 2.98. The number of carbonyl (C=O) groups excluding carboxylic acids is 2. The summed E-state index contributed by atoms with van der Waals surface area (Å²) in [5, 5.41) is 0. The average Bonchev–Trinajstić information content (AvgIpc) is 2.29. The van der Waals surface area contributed by atoms with Gasteiger partial charge in [0.05, 0.1) is 12.7 Å². The lowest BCUT2D eigenvalue weighted by Gasteiger charge is -2.17. The van der Waals surface area contributed by atoms with Crippen molar-refractivity contribution >= 4 is 27.5 Å². The summed E-state index contributed by atoms with van der Waals surface area (Å²) in [6.07, 6.45) is 0. The second-order valence-electron chi connectivity index (χ2n) is 3.98. The van der Waals surface area contributed by atoms with E-state index in [1.54, 1.807) is 6.92 Å². The summed E-state index contributed by atoms with van der Waals surface area (Å²) in [7, 11) is 1.51.